The first-order valence-electron chi connectivity index (χ1n) is 11.2. The standard InChI is InChI=1S/C27H30ClNO5/c1-30-22-14-18-9-10-29(16-17-11-24(32-3)27(34-5)25(12-17)33-4)26(21(18)15-23(22)31-2)19-7-6-8-20(28)13-19/h6-8,11-15,26H,9-10,16H2,1-5H3/p+1/t26-/m0/s1. The third kappa shape index (κ3) is 4.61. The first-order valence-corrected chi connectivity index (χ1v) is 11.5. The lowest BCUT2D eigenvalue weighted by Gasteiger charge is -2.35. The molecule has 4 rings (SSSR count). The van der Waals surface area contributed by atoms with Crippen molar-refractivity contribution in [1.82, 2.24) is 0 Å². The van der Waals surface area contributed by atoms with Crippen LogP contribution in [0.4, 0.5) is 0 Å². The first-order chi connectivity index (χ1) is 16.5. The molecular formula is C27H31ClNO5+. The zero-order valence-electron chi connectivity index (χ0n) is 20.2. The predicted octanol–water partition coefficient (Wildman–Crippen LogP) is 4.11. The number of ether oxygens (including phenoxy) is 5. The Morgan fingerprint density at radius 1 is 0.794 bits per heavy atom. The van der Waals surface area contributed by atoms with E-state index in [-0.39, 0.29) is 6.04 Å². The minimum absolute atomic E-state index is 0.0707. The number of rotatable bonds is 8. The molecule has 1 heterocycles. The molecule has 1 aliphatic heterocycles. The summed E-state index contributed by atoms with van der Waals surface area (Å²) >= 11 is 6.42. The van der Waals surface area contributed by atoms with E-state index < -0.39 is 0 Å². The zero-order valence-corrected chi connectivity index (χ0v) is 21.0. The summed E-state index contributed by atoms with van der Waals surface area (Å²) in [5.41, 5.74) is 4.73. The molecule has 3 aromatic carbocycles. The SMILES string of the molecule is COc1cc2c(cc1OC)[C@H](c1cccc(Cl)c1)[NH+](Cc1cc(OC)c(OC)c(OC)c1)CC2. The van der Waals surface area contributed by atoms with Crippen LogP contribution in [0.5, 0.6) is 28.7 Å². The van der Waals surface area contributed by atoms with Gasteiger partial charge in [-0.3, -0.25) is 0 Å². The normalized spacial score (nSPS) is 17.0. The van der Waals surface area contributed by atoms with Crippen molar-refractivity contribution < 1.29 is 28.6 Å². The molecule has 1 N–H and O–H groups in total. The van der Waals surface area contributed by atoms with E-state index >= 15 is 0 Å². The molecule has 0 saturated carbocycles. The number of fused-ring (bicyclic) bond motifs is 1. The maximum atomic E-state index is 6.42. The average Bonchev–Trinajstić information content (AvgIpc) is 2.86. The summed E-state index contributed by atoms with van der Waals surface area (Å²) in [4.78, 5) is 1.39. The van der Waals surface area contributed by atoms with E-state index in [4.69, 9.17) is 35.3 Å². The van der Waals surface area contributed by atoms with E-state index in [0.29, 0.717) is 17.2 Å². The highest BCUT2D eigenvalue weighted by molar-refractivity contribution is 6.30. The van der Waals surface area contributed by atoms with E-state index in [2.05, 4.69) is 18.2 Å². The van der Waals surface area contributed by atoms with E-state index in [0.717, 1.165) is 47.2 Å². The highest BCUT2D eigenvalue weighted by atomic mass is 35.5. The van der Waals surface area contributed by atoms with Gasteiger partial charge < -0.3 is 28.6 Å². The first kappa shape index (κ1) is 24.0. The molecule has 7 heteroatoms. The maximum Gasteiger partial charge on any atom is 0.203 e. The van der Waals surface area contributed by atoms with Crippen LogP contribution in [0, 0.1) is 0 Å². The van der Waals surface area contributed by atoms with Crippen LogP contribution in [0.15, 0.2) is 48.5 Å². The molecule has 0 bridgehead atoms. The van der Waals surface area contributed by atoms with Crippen LogP contribution in [-0.4, -0.2) is 42.1 Å². The molecule has 34 heavy (non-hydrogen) atoms. The summed E-state index contributed by atoms with van der Waals surface area (Å²) in [7, 11) is 8.23. The van der Waals surface area contributed by atoms with Crippen molar-refractivity contribution in [2.45, 2.75) is 19.0 Å². The third-order valence-corrected chi connectivity index (χ3v) is 6.65. The Morgan fingerprint density at radius 3 is 2.03 bits per heavy atom. The van der Waals surface area contributed by atoms with Crippen LogP contribution in [-0.2, 0) is 13.0 Å². The van der Waals surface area contributed by atoms with Gasteiger partial charge in [0.2, 0.25) is 5.75 Å². The summed E-state index contributed by atoms with van der Waals surface area (Å²) in [5, 5.41) is 0.720. The number of hydrogen-bond acceptors (Lipinski definition) is 5. The molecule has 1 aliphatic rings. The Balaban J connectivity index is 1.80. The smallest absolute Gasteiger partial charge is 0.203 e. The quantitative estimate of drug-likeness (QED) is 0.521. The predicted molar refractivity (Wildman–Crippen MR) is 132 cm³/mol. The molecule has 0 saturated heterocycles. The average molecular weight is 485 g/mol. The van der Waals surface area contributed by atoms with Crippen molar-refractivity contribution in [3.8, 4) is 28.7 Å². The highest BCUT2D eigenvalue weighted by Gasteiger charge is 2.34. The second-order valence-electron chi connectivity index (χ2n) is 8.26. The molecule has 3 aromatic rings. The van der Waals surface area contributed by atoms with E-state index in [1.54, 1.807) is 35.5 Å². The highest BCUT2D eigenvalue weighted by Crippen LogP contribution is 2.39. The van der Waals surface area contributed by atoms with Crippen molar-refractivity contribution in [2.24, 2.45) is 0 Å². The van der Waals surface area contributed by atoms with Gasteiger partial charge in [0, 0.05) is 28.1 Å². The number of hydrogen-bond donors (Lipinski definition) is 1. The maximum absolute atomic E-state index is 6.42. The number of benzene rings is 3. The lowest BCUT2D eigenvalue weighted by atomic mass is 9.87. The monoisotopic (exact) mass is 484 g/mol. The van der Waals surface area contributed by atoms with Gasteiger partial charge in [0.15, 0.2) is 23.0 Å². The van der Waals surface area contributed by atoms with Gasteiger partial charge in [-0.15, -0.1) is 0 Å². The van der Waals surface area contributed by atoms with E-state index in [9.17, 15) is 0 Å². The van der Waals surface area contributed by atoms with Gasteiger partial charge in [-0.25, -0.2) is 0 Å². The number of nitrogens with one attached hydrogen (secondary N) is 1. The molecule has 2 atom stereocenters. The molecule has 180 valence electrons. The molecule has 0 aliphatic carbocycles. The number of methoxy groups -OCH3 is 5. The van der Waals surface area contributed by atoms with Gasteiger partial charge in [0.25, 0.3) is 0 Å². The summed E-state index contributed by atoms with van der Waals surface area (Å²) in [6, 6.07) is 16.4. The molecule has 6 nitrogen and oxygen atoms in total. The van der Waals surface area contributed by atoms with E-state index in [1.807, 2.05) is 30.3 Å². The molecule has 0 aromatic heterocycles. The Bertz CT molecular complexity index is 1140. The summed E-state index contributed by atoms with van der Waals surface area (Å²) in [6.45, 7) is 1.71. The molecule has 0 spiro atoms. The fraction of sp³-hybridized carbons (Fsp3) is 0.333. The largest absolute Gasteiger partial charge is 0.493 e. The van der Waals surface area contributed by atoms with Crippen molar-refractivity contribution in [1.29, 1.82) is 0 Å². The number of quaternary nitrogens is 1. The van der Waals surface area contributed by atoms with Gasteiger partial charge in [-0.05, 0) is 42.0 Å². The van der Waals surface area contributed by atoms with Crippen LogP contribution < -0.4 is 28.6 Å². The van der Waals surface area contributed by atoms with E-state index in [1.165, 1.54) is 16.0 Å². The molecule has 0 amide bonds. The fourth-order valence-electron chi connectivity index (χ4n) is 4.87. The Kier molecular flexibility index (Phi) is 7.39. The van der Waals surface area contributed by atoms with Crippen molar-refractivity contribution in [3.05, 3.63) is 75.8 Å². The molecule has 1 unspecified atom stereocenters. The zero-order chi connectivity index (χ0) is 24.2. The van der Waals surface area contributed by atoms with Crippen LogP contribution in [0.2, 0.25) is 5.02 Å². The van der Waals surface area contributed by atoms with Crippen LogP contribution >= 0.6 is 11.6 Å². The summed E-state index contributed by atoms with van der Waals surface area (Å²) < 4.78 is 27.9. The lowest BCUT2D eigenvalue weighted by molar-refractivity contribution is -0.941. The van der Waals surface area contributed by atoms with Crippen molar-refractivity contribution in [2.75, 3.05) is 42.1 Å². The Labute approximate surface area is 205 Å². The lowest BCUT2D eigenvalue weighted by Crippen LogP contribution is -3.12. The fourth-order valence-corrected chi connectivity index (χ4v) is 5.07. The van der Waals surface area contributed by atoms with Gasteiger partial charge in [-0.1, -0.05) is 23.7 Å². The van der Waals surface area contributed by atoms with Gasteiger partial charge >= 0.3 is 0 Å². The summed E-state index contributed by atoms with van der Waals surface area (Å²) in [6.07, 6.45) is 0.923. The second-order valence-corrected chi connectivity index (χ2v) is 8.70. The van der Waals surface area contributed by atoms with Gasteiger partial charge in [-0.2, -0.15) is 0 Å². The third-order valence-electron chi connectivity index (χ3n) is 6.42. The summed E-state index contributed by atoms with van der Waals surface area (Å²) in [5.74, 6) is 3.37. The van der Waals surface area contributed by atoms with Crippen LogP contribution in [0.1, 0.15) is 28.3 Å². The van der Waals surface area contributed by atoms with Gasteiger partial charge in [0.05, 0.1) is 42.1 Å². The number of halogens is 1. The van der Waals surface area contributed by atoms with Gasteiger partial charge in [0.1, 0.15) is 12.6 Å². The molecular weight excluding hydrogens is 454 g/mol. The van der Waals surface area contributed by atoms with Crippen molar-refractivity contribution in [3.63, 3.8) is 0 Å². The minimum Gasteiger partial charge on any atom is -0.493 e. The molecule has 0 radical (unpaired) electrons. The van der Waals surface area contributed by atoms with Crippen molar-refractivity contribution >= 4 is 11.6 Å². The van der Waals surface area contributed by atoms with Crippen LogP contribution in [0.25, 0.3) is 0 Å². The van der Waals surface area contributed by atoms with Crippen LogP contribution in [0.3, 0.4) is 0 Å². The molecule has 0 fully saturated rings. The minimum atomic E-state index is 0.0707. The second kappa shape index (κ2) is 10.5. The Morgan fingerprint density at radius 2 is 1.44 bits per heavy atom. The topological polar surface area (TPSA) is 50.6 Å². The Hall–Kier alpha value is -3.09.